The number of ether oxygens (including phenoxy) is 1. The first-order chi connectivity index (χ1) is 11.2. The molecule has 7 nitrogen and oxygen atoms in total. The van der Waals surface area contributed by atoms with Crippen molar-refractivity contribution in [1.29, 1.82) is 0 Å². The van der Waals surface area contributed by atoms with Crippen LogP contribution in [0.4, 0.5) is 0 Å². The van der Waals surface area contributed by atoms with Crippen LogP contribution < -0.4 is 0 Å². The highest BCUT2D eigenvalue weighted by Gasteiger charge is 2.24. The van der Waals surface area contributed by atoms with E-state index in [1.807, 2.05) is 20.0 Å². The van der Waals surface area contributed by atoms with Gasteiger partial charge in [-0.05, 0) is 20.8 Å². The lowest BCUT2D eigenvalue weighted by molar-refractivity contribution is 0.124. The van der Waals surface area contributed by atoms with E-state index in [2.05, 4.69) is 36.6 Å². The lowest BCUT2D eigenvalue weighted by Gasteiger charge is -2.25. The summed E-state index contributed by atoms with van der Waals surface area (Å²) >= 11 is 0. The van der Waals surface area contributed by atoms with Gasteiger partial charge in [0.2, 0.25) is 0 Å². The summed E-state index contributed by atoms with van der Waals surface area (Å²) in [5, 5.41) is 8.63. The van der Waals surface area contributed by atoms with Gasteiger partial charge in [-0.1, -0.05) is 0 Å². The van der Waals surface area contributed by atoms with Gasteiger partial charge >= 0.3 is 0 Å². The Morgan fingerprint density at radius 2 is 2.13 bits per heavy atom. The summed E-state index contributed by atoms with van der Waals surface area (Å²) < 4.78 is 7.69. The van der Waals surface area contributed by atoms with Crippen molar-refractivity contribution < 1.29 is 4.74 Å². The quantitative estimate of drug-likeness (QED) is 0.829. The van der Waals surface area contributed by atoms with E-state index in [0.29, 0.717) is 19.3 Å². The molecule has 0 unspecified atom stereocenters. The molecule has 3 rings (SSSR count). The van der Waals surface area contributed by atoms with Crippen molar-refractivity contribution in [3.8, 4) is 0 Å². The second-order valence-corrected chi connectivity index (χ2v) is 6.00. The third-order valence-corrected chi connectivity index (χ3v) is 4.22. The topological polar surface area (TPSA) is 69.0 Å². The van der Waals surface area contributed by atoms with Gasteiger partial charge in [-0.25, -0.2) is 0 Å². The SMILES string of the molecule is CCOCc1nnc2n1CCN(Cc1cncc(C)n1)[C@@H](C)C2. The fraction of sp³-hybridized carbons (Fsp3) is 0.625. The summed E-state index contributed by atoms with van der Waals surface area (Å²) in [4.78, 5) is 11.2. The van der Waals surface area contributed by atoms with Crippen LogP contribution >= 0.6 is 0 Å². The largest absolute Gasteiger partial charge is 0.374 e. The van der Waals surface area contributed by atoms with Crippen molar-refractivity contribution in [2.24, 2.45) is 0 Å². The average molecular weight is 316 g/mol. The molecule has 1 aliphatic heterocycles. The van der Waals surface area contributed by atoms with Crippen molar-refractivity contribution in [1.82, 2.24) is 29.6 Å². The molecule has 0 aliphatic carbocycles. The minimum atomic E-state index is 0.391. The Morgan fingerprint density at radius 3 is 2.91 bits per heavy atom. The number of aryl methyl sites for hydroxylation is 1. The molecule has 0 bridgehead atoms. The molecule has 2 aromatic rings. The van der Waals surface area contributed by atoms with Gasteiger partial charge in [-0.3, -0.25) is 14.9 Å². The van der Waals surface area contributed by atoms with Crippen LogP contribution in [0.5, 0.6) is 0 Å². The molecule has 0 saturated carbocycles. The zero-order valence-corrected chi connectivity index (χ0v) is 14.1. The fourth-order valence-corrected chi connectivity index (χ4v) is 2.96. The molecule has 0 saturated heterocycles. The van der Waals surface area contributed by atoms with Gasteiger partial charge in [0.15, 0.2) is 5.82 Å². The molecule has 1 aliphatic rings. The second-order valence-electron chi connectivity index (χ2n) is 6.00. The highest BCUT2D eigenvalue weighted by Crippen LogP contribution is 2.17. The Hall–Kier alpha value is -1.86. The molecule has 0 radical (unpaired) electrons. The van der Waals surface area contributed by atoms with Gasteiger partial charge in [-0.2, -0.15) is 0 Å². The minimum absolute atomic E-state index is 0.391. The molecular formula is C16H24N6O. The predicted molar refractivity (Wildman–Crippen MR) is 85.7 cm³/mol. The smallest absolute Gasteiger partial charge is 0.159 e. The molecule has 3 heterocycles. The van der Waals surface area contributed by atoms with Crippen LogP contribution in [0.25, 0.3) is 0 Å². The van der Waals surface area contributed by atoms with Gasteiger partial charge in [0, 0.05) is 51.1 Å². The highest BCUT2D eigenvalue weighted by molar-refractivity contribution is 5.04. The lowest BCUT2D eigenvalue weighted by Crippen LogP contribution is -2.34. The van der Waals surface area contributed by atoms with E-state index in [1.165, 1.54) is 0 Å². The van der Waals surface area contributed by atoms with E-state index in [0.717, 1.165) is 49.1 Å². The van der Waals surface area contributed by atoms with Gasteiger partial charge in [0.25, 0.3) is 0 Å². The number of aromatic nitrogens is 5. The summed E-state index contributed by atoms with van der Waals surface area (Å²) in [6.07, 6.45) is 4.53. The molecule has 124 valence electrons. The van der Waals surface area contributed by atoms with Crippen molar-refractivity contribution in [2.75, 3.05) is 13.2 Å². The Labute approximate surface area is 136 Å². The van der Waals surface area contributed by atoms with Gasteiger partial charge in [0.1, 0.15) is 12.4 Å². The van der Waals surface area contributed by atoms with Crippen LogP contribution in [-0.2, 0) is 30.9 Å². The Kier molecular flexibility index (Phi) is 4.97. The number of fused-ring (bicyclic) bond motifs is 1. The molecule has 0 N–H and O–H groups in total. The first-order valence-corrected chi connectivity index (χ1v) is 8.17. The zero-order chi connectivity index (χ0) is 16.2. The van der Waals surface area contributed by atoms with Crippen LogP contribution in [0.3, 0.4) is 0 Å². The van der Waals surface area contributed by atoms with Crippen LogP contribution in [0, 0.1) is 6.92 Å². The van der Waals surface area contributed by atoms with Crippen molar-refractivity contribution in [3.63, 3.8) is 0 Å². The Bertz CT molecular complexity index is 656. The number of hydrogen-bond donors (Lipinski definition) is 0. The number of hydrogen-bond acceptors (Lipinski definition) is 6. The Morgan fingerprint density at radius 1 is 1.26 bits per heavy atom. The fourth-order valence-electron chi connectivity index (χ4n) is 2.96. The molecule has 1 atom stereocenters. The summed E-state index contributed by atoms with van der Waals surface area (Å²) in [6, 6.07) is 0.391. The molecular weight excluding hydrogens is 292 g/mol. The normalized spacial score (nSPS) is 18.7. The summed E-state index contributed by atoms with van der Waals surface area (Å²) in [5.41, 5.74) is 1.98. The predicted octanol–water partition coefficient (Wildman–Crippen LogP) is 1.36. The first kappa shape index (κ1) is 16.0. The van der Waals surface area contributed by atoms with Crippen LogP contribution in [-0.4, -0.2) is 48.8 Å². The van der Waals surface area contributed by atoms with Crippen molar-refractivity contribution >= 4 is 0 Å². The molecule has 0 aromatic carbocycles. The summed E-state index contributed by atoms with van der Waals surface area (Å²) in [7, 11) is 0. The maximum absolute atomic E-state index is 5.49. The number of rotatable bonds is 5. The third kappa shape index (κ3) is 3.73. The van der Waals surface area contributed by atoms with E-state index in [9.17, 15) is 0 Å². The maximum atomic E-state index is 5.49. The average Bonchev–Trinajstić information content (AvgIpc) is 2.83. The summed E-state index contributed by atoms with van der Waals surface area (Å²) in [6.45, 7) is 10.1. The van der Waals surface area contributed by atoms with Crippen molar-refractivity contribution in [2.45, 2.75) is 52.9 Å². The highest BCUT2D eigenvalue weighted by atomic mass is 16.5. The van der Waals surface area contributed by atoms with E-state index >= 15 is 0 Å². The van der Waals surface area contributed by atoms with Gasteiger partial charge in [-0.15, -0.1) is 10.2 Å². The van der Waals surface area contributed by atoms with E-state index < -0.39 is 0 Å². The van der Waals surface area contributed by atoms with E-state index in [-0.39, 0.29) is 0 Å². The second kappa shape index (κ2) is 7.14. The minimum Gasteiger partial charge on any atom is -0.374 e. The number of nitrogens with zero attached hydrogens (tertiary/aromatic N) is 6. The van der Waals surface area contributed by atoms with Gasteiger partial charge < -0.3 is 9.30 Å². The third-order valence-electron chi connectivity index (χ3n) is 4.22. The molecule has 7 heteroatoms. The van der Waals surface area contributed by atoms with E-state index in [4.69, 9.17) is 4.74 Å². The maximum Gasteiger partial charge on any atom is 0.159 e. The lowest BCUT2D eigenvalue weighted by atomic mass is 10.2. The molecule has 2 aromatic heterocycles. The summed E-state index contributed by atoms with van der Waals surface area (Å²) in [5.74, 6) is 1.97. The van der Waals surface area contributed by atoms with Crippen LogP contribution in [0.2, 0.25) is 0 Å². The molecule has 0 amide bonds. The zero-order valence-electron chi connectivity index (χ0n) is 14.1. The monoisotopic (exact) mass is 316 g/mol. The Balaban J connectivity index is 1.71. The van der Waals surface area contributed by atoms with Gasteiger partial charge in [0.05, 0.1) is 11.4 Å². The van der Waals surface area contributed by atoms with Crippen LogP contribution in [0.15, 0.2) is 12.4 Å². The van der Waals surface area contributed by atoms with Crippen LogP contribution in [0.1, 0.15) is 36.9 Å². The van der Waals surface area contributed by atoms with E-state index in [1.54, 1.807) is 6.20 Å². The standard InChI is InChI=1S/C16H24N6O/c1-4-23-11-16-20-19-15-7-13(3)21(5-6-22(15)16)10-14-9-17-8-12(2)18-14/h8-9,13H,4-7,10-11H2,1-3H3/t13-/m0/s1. The van der Waals surface area contributed by atoms with Crippen molar-refractivity contribution in [3.05, 3.63) is 35.4 Å². The molecule has 23 heavy (non-hydrogen) atoms. The molecule has 0 fully saturated rings. The first-order valence-electron chi connectivity index (χ1n) is 8.17. The molecule has 0 spiro atoms.